The first-order valence-corrected chi connectivity index (χ1v) is 8.44. The smallest absolute Gasteiger partial charge is 0.407 e. The van der Waals surface area contributed by atoms with Crippen LogP contribution < -0.4 is 5.32 Å². The predicted molar refractivity (Wildman–Crippen MR) is 89.9 cm³/mol. The summed E-state index contributed by atoms with van der Waals surface area (Å²) in [4.78, 5) is 13.2. The molecule has 132 valence electrons. The summed E-state index contributed by atoms with van der Waals surface area (Å²) < 4.78 is 20.0. The Kier molecular flexibility index (Phi) is 4.42. The number of benzene rings is 1. The summed E-state index contributed by atoms with van der Waals surface area (Å²) in [6.45, 7) is 7.63. The summed E-state index contributed by atoms with van der Waals surface area (Å²) in [7, 11) is 0. The van der Waals surface area contributed by atoms with E-state index in [0.29, 0.717) is 31.9 Å². The Morgan fingerprint density at radius 2 is 2.17 bits per heavy atom. The zero-order valence-electron chi connectivity index (χ0n) is 14.4. The SMILES string of the molecule is CC(C)(C)C1c2c(ccc(F)c2NC2CCOC2)CCN1C(=O)O. The van der Waals surface area contributed by atoms with Crippen LogP contribution in [0.1, 0.15) is 44.4 Å². The van der Waals surface area contributed by atoms with Gasteiger partial charge in [-0.2, -0.15) is 0 Å². The number of carboxylic acid groups (broad SMARTS) is 1. The molecule has 0 spiro atoms. The van der Waals surface area contributed by atoms with Crippen LogP contribution in [-0.2, 0) is 11.2 Å². The molecular weight excluding hydrogens is 311 g/mol. The Bertz CT molecular complexity index is 636. The van der Waals surface area contributed by atoms with Crippen LogP contribution >= 0.6 is 0 Å². The fraction of sp³-hybridized carbons (Fsp3) is 0.611. The average Bonchev–Trinajstić information content (AvgIpc) is 3.01. The number of nitrogens with one attached hydrogen (secondary N) is 1. The lowest BCUT2D eigenvalue weighted by Crippen LogP contribution is -2.45. The average molecular weight is 336 g/mol. The first kappa shape index (κ1) is 17.0. The minimum absolute atomic E-state index is 0.0619. The molecule has 2 aliphatic heterocycles. The lowest BCUT2D eigenvalue weighted by atomic mass is 9.76. The summed E-state index contributed by atoms with van der Waals surface area (Å²) in [5, 5.41) is 12.9. The molecule has 0 aliphatic carbocycles. The Labute approximate surface area is 141 Å². The van der Waals surface area contributed by atoms with Gasteiger partial charge in [-0.25, -0.2) is 9.18 Å². The molecule has 0 aromatic heterocycles. The second-order valence-electron chi connectivity index (χ2n) is 7.69. The highest BCUT2D eigenvalue weighted by Gasteiger charge is 2.41. The van der Waals surface area contributed by atoms with E-state index in [4.69, 9.17) is 4.74 Å². The van der Waals surface area contributed by atoms with Crippen molar-refractivity contribution in [1.29, 1.82) is 0 Å². The summed E-state index contributed by atoms with van der Waals surface area (Å²) in [5.74, 6) is -0.331. The van der Waals surface area contributed by atoms with E-state index in [9.17, 15) is 14.3 Å². The van der Waals surface area contributed by atoms with Gasteiger partial charge < -0.3 is 20.1 Å². The van der Waals surface area contributed by atoms with Gasteiger partial charge in [0.05, 0.1) is 24.4 Å². The van der Waals surface area contributed by atoms with Crippen molar-refractivity contribution in [2.24, 2.45) is 5.41 Å². The van der Waals surface area contributed by atoms with E-state index in [0.717, 1.165) is 17.5 Å². The lowest BCUT2D eigenvalue weighted by molar-refractivity contribution is 0.0761. The molecule has 0 saturated carbocycles. The van der Waals surface area contributed by atoms with Gasteiger partial charge in [0.25, 0.3) is 0 Å². The highest BCUT2D eigenvalue weighted by Crippen LogP contribution is 2.46. The van der Waals surface area contributed by atoms with Crippen molar-refractivity contribution >= 4 is 11.8 Å². The molecule has 5 nitrogen and oxygen atoms in total. The topological polar surface area (TPSA) is 61.8 Å². The monoisotopic (exact) mass is 336 g/mol. The Balaban J connectivity index is 2.10. The van der Waals surface area contributed by atoms with Gasteiger partial charge in [-0.15, -0.1) is 0 Å². The molecule has 1 aromatic carbocycles. The minimum Gasteiger partial charge on any atom is -0.465 e. The third-order valence-corrected chi connectivity index (χ3v) is 4.84. The molecule has 2 heterocycles. The van der Waals surface area contributed by atoms with Crippen molar-refractivity contribution in [3.63, 3.8) is 0 Å². The molecule has 0 bridgehead atoms. The molecule has 0 radical (unpaired) electrons. The summed E-state index contributed by atoms with van der Waals surface area (Å²) in [6, 6.07) is 2.94. The third-order valence-electron chi connectivity index (χ3n) is 4.84. The highest BCUT2D eigenvalue weighted by molar-refractivity contribution is 5.69. The molecular formula is C18H25FN2O3. The van der Waals surface area contributed by atoms with Crippen LogP contribution in [0.3, 0.4) is 0 Å². The van der Waals surface area contributed by atoms with E-state index in [1.807, 2.05) is 20.8 Å². The van der Waals surface area contributed by atoms with Crippen molar-refractivity contribution in [3.05, 3.63) is 29.1 Å². The van der Waals surface area contributed by atoms with Crippen LogP contribution in [0.15, 0.2) is 12.1 Å². The number of hydrogen-bond acceptors (Lipinski definition) is 3. The van der Waals surface area contributed by atoms with Crippen LogP contribution in [0.25, 0.3) is 0 Å². The quantitative estimate of drug-likeness (QED) is 0.865. The normalized spacial score (nSPS) is 23.9. The molecule has 24 heavy (non-hydrogen) atoms. The van der Waals surface area contributed by atoms with E-state index >= 15 is 0 Å². The van der Waals surface area contributed by atoms with Gasteiger partial charge in [-0.1, -0.05) is 26.8 Å². The fourth-order valence-electron chi connectivity index (χ4n) is 3.80. The largest absolute Gasteiger partial charge is 0.465 e. The Morgan fingerprint density at radius 3 is 2.75 bits per heavy atom. The molecule has 1 amide bonds. The van der Waals surface area contributed by atoms with E-state index in [-0.39, 0.29) is 23.3 Å². The molecule has 1 fully saturated rings. The van der Waals surface area contributed by atoms with Crippen LogP contribution in [0, 0.1) is 11.2 Å². The van der Waals surface area contributed by atoms with Crippen molar-refractivity contribution in [2.75, 3.05) is 25.1 Å². The molecule has 2 N–H and O–H groups in total. The predicted octanol–water partition coefficient (Wildman–Crippen LogP) is 3.65. The number of ether oxygens (including phenoxy) is 1. The number of fused-ring (bicyclic) bond motifs is 1. The highest BCUT2D eigenvalue weighted by atomic mass is 19.1. The fourth-order valence-corrected chi connectivity index (χ4v) is 3.80. The van der Waals surface area contributed by atoms with Crippen molar-refractivity contribution in [3.8, 4) is 0 Å². The van der Waals surface area contributed by atoms with Crippen LogP contribution in [0.2, 0.25) is 0 Å². The van der Waals surface area contributed by atoms with Crippen molar-refractivity contribution < 1.29 is 19.0 Å². The standard InChI is InChI=1S/C18H25FN2O3/c1-18(2,3)16-14-11(6-8-21(16)17(22)23)4-5-13(19)15(14)20-12-7-9-24-10-12/h4-5,12,16,20H,6-10H2,1-3H3,(H,22,23). The molecule has 6 heteroatoms. The van der Waals surface area contributed by atoms with Gasteiger partial charge in [0.15, 0.2) is 0 Å². The van der Waals surface area contributed by atoms with Crippen LogP contribution in [0.4, 0.5) is 14.9 Å². The minimum atomic E-state index is -0.958. The first-order chi connectivity index (χ1) is 11.3. The maximum atomic E-state index is 14.7. The number of amides is 1. The Hall–Kier alpha value is -1.82. The molecule has 2 aliphatic rings. The molecule has 3 rings (SSSR count). The number of anilines is 1. The second-order valence-corrected chi connectivity index (χ2v) is 7.69. The molecule has 1 saturated heterocycles. The maximum absolute atomic E-state index is 14.7. The first-order valence-electron chi connectivity index (χ1n) is 8.44. The number of carbonyl (C=O) groups is 1. The van der Waals surface area contributed by atoms with Gasteiger partial charge in [0, 0.05) is 18.7 Å². The zero-order valence-corrected chi connectivity index (χ0v) is 14.4. The number of nitrogens with zero attached hydrogens (tertiary/aromatic N) is 1. The zero-order chi connectivity index (χ0) is 17.5. The lowest BCUT2D eigenvalue weighted by Gasteiger charge is -2.44. The van der Waals surface area contributed by atoms with Crippen molar-refractivity contribution in [2.45, 2.75) is 45.7 Å². The number of rotatable bonds is 2. The molecule has 2 unspecified atom stereocenters. The molecule has 2 atom stereocenters. The van der Waals surface area contributed by atoms with Crippen molar-refractivity contribution in [1.82, 2.24) is 4.90 Å². The van der Waals surface area contributed by atoms with Gasteiger partial charge in [0.2, 0.25) is 0 Å². The van der Waals surface area contributed by atoms with E-state index in [1.165, 1.54) is 11.0 Å². The van der Waals surface area contributed by atoms with Crippen LogP contribution in [0.5, 0.6) is 0 Å². The van der Waals surface area contributed by atoms with Gasteiger partial charge >= 0.3 is 6.09 Å². The van der Waals surface area contributed by atoms with E-state index in [2.05, 4.69) is 5.32 Å². The summed E-state index contributed by atoms with van der Waals surface area (Å²) in [6.07, 6.45) is 0.469. The van der Waals surface area contributed by atoms with Gasteiger partial charge in [-0.3, -0.25) is 0 Å². The molecule has 1 aromatic rings. The Morgan fingerprint density at radius 1 is 1.42 bits per heavy atom. The third kappa shape index (κ3) is 3.07. The van der Waals surface area contributed by atoms with Gasteiger partial charge in [-0.05, 0) is 29.9 Å². The maximum Gasteiger partial charge on any atom is 0.407 e. The second kappa shape index (κ2) is 6.24. The van der Waals surface area contributed by atoms with Crippen LogP contribution in [-0.4, -0.2) is 41.9 Å². The summed E-state index contributed by atoms with van der Waals surface area (Å²) in [5.41, 5.74) is 1.90. The van der Waals surface area contributed by atoms with Gasteiger partial charge in [0.1, 0.15) is 5.82 Å². The van der Waals surface area contributed by atoms with E-state index in [1.54, 1.807) is 6.07 Å². The number of halogens is 1. The number of hydrogen-bond donors (Lipinski definition) is 2. The van der Waals surface area contributed by atoms with E-state index < -0.39 is 6.09 Å². The summed E-state index contributed by atoms with van der Waals surface area (Å²) >= 11 is 0.